The van der Waals surface area contributed by atoms with Crippen LogP contribution in [0.2, 0.25) is 0 Å². The second kappa shape index (κ2) is 12.7. The molecule has 2 N–H and O–H groups in total. The number of amides is 2. The topological polar surface area (TPSA) is 61.4 Å². The maximum atomic E-state index is 14.5. The quantitative estimate of drug-likeness (QED) is 0.480. The number of nitrogens with zero attached hydrogens (tertiary/aromatic N) is 1. The number of carbonyl (C=O) groups is 2. The fourth-order valence-electron chi connectivity index (χ4n) is 5.19. The zero-order valence-corrected chi connectivity index (χ0v) is 21.5. The Hall–Kier alpha value is -2.89. The molecule has 1 aliphatic heterocycles. The number of nitrogens with one attached hydrogen (secondary N) is 2. The van der Waals surface area contributed by atoms with Crippen molar-refractivity contribution >= 4 is 18.0 Å². The summed E-state index contributed by atoms with van der Waals surface area (Å²) in [6, 6.07) is 14.2. The molecule has 2 aromatic rings. The Bertz CT molecular complexity index is 950. The van der Waals surface area contributed by atoms with Crippen molar-refractivity contribution in [1.29, 1.82) is 0 Å². The van der Waals surface area contributed by atoms with Crippen LogP contribution in [0.1, 0.15) is 86.8 Å². The van der Waals surface area contributed by atoms with Crippen molar-refractivity contribution in [2.75, 3.05) is 11.9 Å². The summed E-state index contributed by atoms with van der Waals surface area (Å²) in [6.07, 6.45) is 7.83. The Kier molecular flexibility index (Phi) is 9.70. The minimum Gasteiger partial charge on any atom is -0.382 e. The van der Waals surface area contributed by atoms with Gasteiger partial charge in [0.25, 0.3) is 5.91 Å². The largest absolute Gasteiger partial charge is 0.382 e. The fourth-order valence-corrected chi connectivity index (χ4v) is 5.19. The van der Waals surface area contributed by atoms with E-state index in [2.05, 4.69) is 41.8 Å². The number of halogens is 1. The van der Waals surface area contributed by atoms with Crippen molar-refractivity contribution in [2.24, 2.45) is 5.92 Å². The molecule has 0 bridgehead atoms. The summed E-state index contributed by atoms with van der Waals surface area (Å²) in [6.45, 7) is 8.50. The lowest BCUT2D eigenvalue weighted by Gasteiger charge is -2.40. The highest BCUT2D eigenvalue weighted by atomic mass is 19.1. The summed E-state index contributed by atoms with van der Waals surface area (Å²) < 4.78 is 14.5. The van der Waals surface area contributed by atoms with E-state index in [0.29, 0.717) is 30.5 Å². The Labute approximate surface area is 209 Å². The molecule has 2 atom stereocenters. The minimum absolute atomic E-state index is 0.0178. The number of aryl methyl sites for hydroxylation is 1. The van der Waals surface area contributed by atoms with Gasteiger partial charge in [-0.15, -0.1) is 0 Å². The summed E-state index contributed by atoms with van der Waals surface area (Å²) >= 11 is 0. The summed E-state index contributed by atoms with van der Waals surface area (Å²) in [5.74, 6) is -0.276. The summed E-state index contributed by atoms with van der Waals surface area (Å²) in [4.78, 5) is 24.7. The van der Waals surface area contributed by atoms with E-state index in [1.165, 1.54) is 31.7 Å². The number of carbonyl (C=O) groups excluding carboxylic acids is 2. The predicted octanol–water partition coefficient (Wildman–Crippen LogP) is 6.24. The lowest BCUT2D eigenvalue weighted by Crippen LogP contribution is -2.42. The molecule has 2 fully saturated rings. The molecule has 4 rings (SSSR count). The van der Waals surface area contributed by atoms with Crippen molar-refractivity contribution in [2.45, 2.75) is 84.3 Å². The van der Waals surface area contributed by atoms with Crippen LogP contribution in [0.25, 0.3) is 0 Å². The zero-order chi connectivity index (χ0) is 25.4. The van der Waals surface area contributed by atoms with Gasteiger partial charge in [-0.2, -0.15) is 0 Å². The molecule has 190 valence electrons. The van der Waals surface area contributed by atoms with E-state index >= 15 is 0 Å². The Morgan fingerprint density at radius 2 is 1.74 bits per heavy atom. The fraction of sp³-hybridized carbons (Fsp3) is 0.517. The van der Waals surface area contributed by atoms with Crippen molar-refractivity contribution in [3.63, 3.8) is 0 Å². The van der Waals surface area contributed by atoms with Crippen LogP contribution in [-0.4, -0.2) is 35.8 Å². The first-order chi connectivity index (χ1) is 16.8. The molecule has 1 heterocycles. The molecule has 2 unspecified atom stereocenters. The molecule has 0 radical (unpaired) electrons. The van der Waals surface area contributed by atoms with Gasteiger partial charge in [0.2, 0.25) is 6.41 Å². The third-order valence-electron chi connectivity index (χ3n) is 7.01. The second-order valence-electron chi connectivity index (χ2n) is 10.2. The minimum atomic E-state index is -0.428. The van der Waals surface area contributed by atoms with Gasteiger partial charge in [-0.25, -0.2) is 4.39 Å². The maximum Gasteiger partial charge on any atom is 0.257 e. The molecule has 2 amide bonds. The van der Waals surface area contributed by atoms with Gasteiger partial charge in [0.05, 0.1) is 11.6 Å². The molecular weight excluding hydrogens is 441 g/mol. The first-order valence-electron chi connectivity index (χ1n) is 12.9. The molecule has 6 heteroatoms. The Morgan fingerprint density at radius 1 is 1.06 bits per heavy atom. The number of hydrogen-bond donors (Lipinski definition) is 2. The van der Waals surface area contributed by atoms with Crippen LogP contribution < -0.4 is 10.6 Å². The molecule has 1 aliphatic carbocycles. The molecule has 2 aliphatic rings. The average molecular weight is 482 g/mol. The van der Waals surface area contributed by atoms with E-state index < -0.39 is 5.82 Å². The van der Waals surface area contributed by atoms with Crippen molar-refractivity contribution in [3.8, 4) is 0 Å². The average Bonchev–Trinajstić information content (AvgIpc) is 3.33. The molecule has 1 saturated carbocycles. The first kappa shape index (κ1) is 26.7. The molecular formula is C29H40FN3O2. The van der Waals surface area contributed by atoms with Crippen LogP contribution in [0.5, 0.6) is 0 Å². The van der Waals surface area contributed by atoms with Crippen molar-refractivity contribution in [1.82, 2.24) is 10.2 Å². The first-order valence-corrected chi connectivity index (χ1v) is 12.9. The number of likely N-dealkylation sites (tertiary alicyclic amines) is 1. The predicted molar refractivity (Wildman–Crippen MR) is 140 cm³/mol. The summed E-state index contributed by atoms with van der Waals surface area (Å²) in [5.41, 5.74) is 3.19. The van der Waals surface area contributed by atoms with Crippen LogP contribution >= 0.6 is 0 Å². The van der Waals surface area contributed by atoms with Crippen molar-refractivity contribution in [3.05, 3.63) is 65.0 Å². The number of benzene rings is 2. The van der Waals surface area contributed by atoms with Gasteiger partial charge in [-0.3, -0.25) is 9.59 Å². The highest BCUT2D eigenvalue weighted by molar-refractivity contribution is 5.96. The maximum absolute atomic E-state index is 14.5. The van der Waals surface area contributed by atoms with Gasteiger partial charge < -0.3 is 15.5 Å². The van der Waals surface area contributed by atoms with Gasteiger partial charge in [-0.1, -0.05) is 44.0 Å². The van der Waals surface area contributed by atoms with E-state index in [9.17, 15) is 14.0 Å². The van der Waals surface area contributed by atoms with Gasteiger partial charge in [0.1, 0.15) is 5.82 Å². The van der Waals surface area contributed by atoms with E-state index in [-0.39, 0.29) is 23.6 Å². The monoisotopic (exact) mass is 481 g/mol. The SMILES string of the molecule is CC(C)NC=O.Cc1cccc(F)c1C(=O)N1CCCC(C)C1c1ccc(NC2CCCC2)cc1. The highest BCUT2D eigenvalue weighted by Crippen LogP contribution is 2.38. The third kappa shape index (κ3) is 7.06. The smallest absolute Gasteiger partial charge is 0.257 e. The van der Waals surface area contributed by atoms with E-state index in [1.54, 1.807) is 6.07 Å². The van der Waals surface area contributed by atoms with Crippen molar-refractivity contribution < 1.29 is 14.0 Å². The van der Waals surface area contributed by atoms with Crippen LogP contribution in [0.15, 0.2) is 42.5 Å². The van der Waals surface area contributed by atoms with Gasteiger partial charge in [0, 0.05) is 24.3 Å². The van der Waals surface area contributed by atoms with Gasteiger partial charge >= 0.3 is 0 Å². The zero-order valence-electron chi connectivity index (χ0n) is 21.5. The highest BCUT2D eigenvalue weighted by Gasteiger charge is 2.35. The Balaban J connectivity index is 0.000000509. The number of anilines is 1. The molecule has 5 nitrogen and oxygen atoms in total. The Morgan fingerprint density at radius 3 is 2.31 bits per heavy atom. The van der Waals surface area contributed by atoms with E-state index in [4.69, 9.17) is 0 Å². The molecule has 1 saturated heterocycles. The van der Waals surface area contributed by atoms with E-state index in [1.807, 2.05) is 31.7 Å². The second-order valence-corrected chi connectivity index (χ2v) is 10.2. The van der Waals surface area contributed by atoms with Gasteiger partial charge in [0.15, 0.2) is 0 Å². The summed E-state index contributed by atoms with van der Waals surface area (Å²) in [5, 5.41) is 6.15. The van der Waals surface area contributed by atoms with Crippen LogP contribution in [0, 0.1) is 18.7 Å². The van der Waals surface area contributed by atoms with Crippen LogP contribution in [-0.2, 0) is 4.79 Å². The lowest BCUT2D eigenvalue weighted by molar-refractivity contribution is -0.109. The third-order valence-corrected chi connectivity index (χ3v) is 7.01. The standard InChI is InChI=1S/C25H31FN2O.C4H9NO/c1-17-7-5-11-22(26)23(17)25(29)28-16-6-8-18(2)24(28)19-12-14-21(15-13-19)27-20-9-3-4-10-20;1-4(2)5-3-6/h5,7,11-15,18,20,24,27H,3-4,6,8-10,16H2,1-2H3;3-4H,1-2H3,(H,5,6). The molecule has 35 heavy (non-hydrogen) atoms. The molecule has 0 spiro atoms. The van der Waals surface area contributed by atoms with Gasteiger partial charge in [-0.05, 0) is 81.7 Å². The number of piperidine rings is 1. The van der Waals surface area contributed by atoms with E-state index in [0.717, 1.165) is 24.1 Å². The summed E-state index contributed by atoms with van der Waals surface area (Å²) in [7, 11) is 0. The normalized spacial score (nSPS) is 20.2. The molecule has 2 aromatic carbocycles. The molecule has 0 aromatic heterocycles. The van der Waals surface area contributed by atoms with Crippen LogP contribution in [0.4, 0.5) is 10.1 Å². The number of rotatable bonds is 6. The lowest BCUT2D eigenvalue weighted by atomic mass is 9.85. The van der Waals surface area contributed by atoms with Crippen LogP contribution in [0.3, 0.4) is 0 Å². The number of hydrogen-bond acceptors (Lipinski definition) is 3.